The van der Waals surface area contributed by atoms with E-state index in [9.17, 15) is 4.79 Å². The topological polar surface area (TPSA) is 58.4 Å². The van der Waals surface area contributed by atoms with E-state index in [1.807, 2.05) is 27.9 Å². The summed E-state index contributed by atoms with van der Waals surface area (Å²) < 4.78 is 0. The van der Waals surface area contributed by atoms with Crippen LogP contribution < -0.4 is 11.1 Å². The number of hydrogen-bond acceptors (Lipinski definition) is 3. The molecule has 0 aliphatic heterocycles. The van der Waals surface area contributed by atoms with E-state index in [2.05, 4.69) is 41.4 Å². The lowest BCUT2D eigenvalue weighted by Gasteiger charge is -2.26. The lowest BCUT2D eigenvalue weighted by atomic mass is 10.0. The number of nitrogens with two attached hydrogens (primary N) is 1. The van der Waals surface area contributed by atoms with Gasteiger partial charge in [0.25, 0.3) is 0 Å². The van der Waals surface area contributed by atoms with Crippen LogP contribution in [-0.4, -0.2) is 37.5 Å². The zero-order valence-corrected chi connectivity index (χ0v) is 13.2. The quantitative estimate of drug-likeness (QED) is 0.832. The number of benzene rings is 1. The Kier molecular flexibility index (Phi) is 6.17. The first-order valence-electron chi connectivity index (χ1n) is 7.09. The first kappa shape index (κ1) is 16.7. The number of nitrogens with one attached hydrogen (secondary N) is 1. The Hall–Kier alpha value is -1.39. The third kappa shape index (κ3) is 4.62. The number of amides is 1. The summed E-state index contributed by atoms with van der Waals surface area (Å²) in [5.74, 6) is 0.0612. The lowest BCUT2D eigenvalue weighted by Crippen LogP contribution is -2.46. The summed E-state index contributed by atoms with van der Waals surface area (Å²) in [6, 6.07) is 8.10. The third-order valence-corrected chi connectivity index (χ3v) is 3.58. The van der Waals surface area contributed by atoms with E-state index in [4.69, 9.17) is 5.73 Å². The zero-order valence-electron chi connectivity index (χ0n) is 13.2. The highest BCUT2D eigenvalue weighted by molar-refractivity contribution is 5.81. The minimum Gasteiger partial charge on any atom is -0.353 e. The van der Waals surface area contributed by atoms with Gasteiger partial charge in [0, 0.05) is 6.54 Å². The minimum absolute atomic E-state index is 0.0843. The monoisotopic (exact) mass is 277 g/mol. The van der Waals surface area contributed by atoms with Crippen LogP contribution in [0.4, 0.5) is 0 Å². The van der Waals surface area contributed by atoms with Crippen LogP contribution in [0, 0.1) is 12.8 Å². The van der Waals surface area contributed by atoms with Gasteiger partial charge in [-0.1, -0.05) is 43.7 Å². The normalized spacial score (nSPS) is 14.4. The second-order valence-electron chi connectivity index (χ2n) is 5.91. The van der Waals surface area contributed by atoms with Gasteiger partial charge in [0.05, 0.1) is 12.1 Å². The molecule has 0 radical (unpaired) electrons. The van der Waals surface area contributed by atoms with Crippen LogP contribution in [-0.2, 0) is 4.79 Å². The maximum atomic E-state index is 11.9. The van der Waals surface area contributed by atoms with Crippen molar-refractivity contribution in [1.29, 1.82) is 0 Å². The molecule has 1 aromatic carbocycles. The molecule has 0 fully saturated rings. The summed E-state index contributed by atoms with van der Waals surface area (Å²) in [6.45, 7) is 6.54. The van der Waals surface area contributed by atoms with Crippen molar-refractivity contribution in [3.63, 3.8) is 0 Å². The molecule has 0 aliphatic rings. The predicted octanol–water partition coefficient (Wildman–Crippen LogP) is 1.70. The highest BCUT2D eigenvalue weighted by Gasteiger charge is 2.20. The Morgan fingerprint density at radius 1 is 1.25 bits per heavy atom. The molecule has 0 aliphatic carbocycles. The Balaban J connectivity index is 2.69. The second kappa shape index (κ2) is 7.41. The van der Waals surface area contributed by atoms with E-state index in [0.717, 1.165) is 0 Å². The molecule has 3 N–H and O–H groups in total. The molecule has 1 amide bonds. The number of rotatable bonds is 6. The van der Waals surface area contributed by atoms with Crippen molar-refractivity contribution in [3.8, 4) is 0 Å². The van der Waals surface area contributed by atoms with Gasteiger partial charge >= 0.3 is 0 Å². The summed E-state index contributed by atoms with van der Waals surface area (Å²) in [5, 5.41) is 2.95. The van der Waals surface area contributed by atoms with Gasteiger partial charge in [-0.3, -0.25) is 4.79 Å². The van der Waals surface area contributed by atoms with Crippen molar-refractivity contribution < 1.29 is 4.79 Å². The van der Waals surface area contributed by atoms with E-state index < -0.39 is 6.04 Å². The van der Waals surface area contributed by atoms with Crippen LogP contribution in [0.1, 0.15) is 31.0 Å². The molecule has 0 saturated heterocycles. The Morgan fingerprint density at radius 3 is 2.25 bits per heavy atom. The van der Waals surface area contributed by atoms with Crippen LogP contribution in [0.3, 0.4) is 0 Å². The third-order valence-electron chi connectivity index (χ3n) is 3.58. The number of nitrogens with zero attached hydrogens (tertiary/aromatic N) is 1. The molecule has 1 unspecified atom stereocenters. The molecule has 1 rings (SSSR count). The van der Waals surface area contributed by atoms with Gasteiger partial charge in [0.2, 0.25) is 5.91 Å². The second-order valence-corrected chi connectivity index (χ2v) is 5.91. The number of likely N-dealkylation sites (N-methyl/N-ethyl adjacent to an activating group) is 1. The molecule has 0 spiro atoms. The van der Waals surface area contributed by atoms with Crippen molar-refractivity contribution in [3.05, 3.63) is 35.4 Å². The smallest absolute Gasteiger partial charge is 0.237 e. The van der Waals surface area contributed by atoms with Gasteiger partial charge in [-0.05, 0) is 32.5 Å². The van der Waals surface area contributed by atoms with Crippen molar-refractivity contribution in [2.45, 2.75) is 32.9 Å². The van der Waals surface area contributed by atoms with Gasteiger partial charge in [0.1, 0.15) is 0 Å². The van der Waals surface area contributed by atoms with E-state index in [0.29, 0.717) is 6.54 Å². The van der Waals surface area contributed by atoms with Gasteiger partial charge < -0.3 is 16.0 Å². The van der Waals surface area contributed by atoms with E-state index in [1.54, 1.807) is 0 Å². The summed E-state index contributed by atoms with van der Waals surface area (Å²) >= 11 is 0. The lowest BCUT2D eigenvalue weighted by molar-refractivity contribution is -0.123. The first-order valence-corrected chi connectivity index (χ1v) is 7.09. The average Bonchev–Trinajstić information content (AvgIpc) is 2.39. The molecule has 4 heteroatoms. The first-order chi connectivity index (χ1) is 9.32. The van der Waals surface area contributed by atoms with E-state index in [-0.39, 0.29) is 17.9 Å². The van der Waals surface area contributed by atoms with Crippen LogP contribution >= 0.6 is 0 Å². The molecular weight excluding hydrogens is 250 g/mol. The van der Waals surface area contributed by atoms with Crippen molar-refractivity contribution >= 4 is 5.91 Å². The molecule has 2 atom stereocenters. The number of aryl methyl sites for hydroxylation is 1. The maximum absolute atomic E-state index is 11.9. The van der Waals surface area contributed by atoms with Crippen LogP contribution in [0.5, 0.6) is 0 Å². The largest absolute Gasteiger partial charge is 0.353 e. The van der Waals surface area contributed by atoms with E-state index in [1.165, 1.54) is 11.1 Å². The van der Waals surface area contributed by atoms with Gasteiger partial charge in [0.15, 0.2) is 0 Å². The van der Waals surface area contributed by atoms with Crippen LogP contribution in [0.25, 0.3) is 0 Å². The zero-order chi connectivity index (χ0) is 15.3. The van der Waals surface area contributed by atoms with Gasteiger partial charge in [-0.15, -0.1) is 0 Å². The van der Waals surface area contributed by atoms with Gasteiger partial charge in [-0.25, -0.2) is 0 Å². The summed E-state index contributed by atoms with van der Waals surface area (Å²) in [5.41, 5.74) is 8.28. The predicted molar refractivity (Wildman–Crippen MR) is 83.4 cm³/mol. The molecular formula is C16H27N3O. The summed E-state index contributed by atoms with van der Waals surface area (Å²) in [4.78, 5) is 14.0. The summed E-state index contributed by atoms with van der Waals surface area (Å²) in [6.07, 6.45) is 0. The molecule has 0 bridgehead atoms. The fourth-order valence-electron chi connectivity index (χ4n) is 2.01. The number of carbonyl (C=O) groups excluding carboxylic acids is 1. The van der Waals surface area contributed by atoms with E-state index >= 15 is 0 Å². The Labute approximate surface area is 122 Å². The Bertz CT molecular complexity index is 426. The minimum atomic E-state index is -0.448. The maximum Gasteiger partial charge on any atom is 0.237 e. The molecule has 20 heavy (non-hydrogen) atoms. The van der Waals surface area contributed by atoms with Crippen LogP contribution in [0.15, 0.2) is 24.3 Å². The highest BCUT2D eigenvalue weighted by Crippen LogP contribution is 2.18. The van der Waals surface area contributed by atoms with Crippen molar-refractivity contribution in [1.82, 2.24) is 10.2 Å². The molecule has 0 saturated carbocycles. The van der Waals surface area contributed by atoms with Crippen molar-refractivity contribution in [2.24, 2.45) is 11.7 Å². The SMILES string of the molecule is Cc1ccc(C(CNC(=O)[C@@H](N)C(C)C)N(C)C)cc1. The Morgan fingerprint density at radius 2 is 1.80 bits per heavy atom. The van der Waals surface area contributed by atoms with Crippen molar-refractivity contribution in [2.75, 3.05) is 20.6 Å². The molecule has 0 aromatic heterocycles. The summed E-state index contributed by atoms with van der Waals surface area (Å²) in [7, 11) is 4.03. The molecule has 4 nitrogen and oxygen atoms in total. The fraction of sp³-hybridized carbons (Fsp3) is 0.562. The van der Waals surface area contributed by atoms with Crippen LogP contribution in [0.2, 0.25) is 0 Å². The highest BCUT2D eigenvalue weighted by atomic mass is 16.2. The fourth-order valence-corrected chi connectivity index (χ4v) is 2.01. The number of carbonyl (C=O) groups is 1. The molecule has 0 heterocycles. The molecule has 1 aromatic rings. The average molecular weight is 277 g/mol. The number of hydrogen-bond donors (Lipinski definition) is 2. The molecule has 112 valence electrons. The van der Waals surface area contributed by atoms with Gasteiger partial charge in [-0.2, -0.15) is 0 Å². The standard InChI is InChI=1S/C16H27N3O/c1-11(2)15(17)16(20)18-10-14(19(4)5)13-8-6-12(3)7-9-13/h6-9,11,14-15H,10,17H2,1-5H3,(H,18,20)/t14?,15-/m0/s1.